The summed E-state index contributed by atoms with van der Waals surface area (Å²) < 4.78 is 0. The Kier molecular flexibility index (Phi) is 2.74. The summed E-state index contributed by atoms with van der Waals surface area (Å²) in [7, 11) is 0. The van der Waals surface area contributed by atoms with E-state index in [0.29, 0.717) is 0 Å². The minimum Gasteiger partial charge on any atom is -0.352 e. The van der Waals surface area contributed by atoms with Gasteiger partial charge in [-0.1, -0.05) is 18.2 Å². The molecule has 3 rings (SSSR count). The Hall–Kier alpha value is -1.32. The Labute approximate surface area is 99.4 Å². The van der Waals surface area contributed by atoms with Gasteiger partial charge in [-0.15, -0.1) is 12.4 Å². The van der Waals surface area contributed by atoms with Crippen LogP contribution in [0.2, 0.25) is 0 Å². The number of aromatic amines is 1. The average Bonchev–Trinajstić information content (AvgIpc) is 2.63. The van der Waals surface area contributed by atoms with Crippen molar-refractivity contribution < 1.29 is 4.79 Å². The van der Waals surface area contributed by atoms with Crippen molar-refractivity contribution in [2.45, 2.75) is 18.9 Å². The number of nitrogens with one attached hydrogen (secondary N) is 1. The summed E-state index contributed by atoms with van der Waals surface area (Å²) in [5.41, 5.74) is 8.63. The average molecular weight is 237 g/mol. The van der Waals surface area contributed by atoms with Crippen molar-refractivity contribution in [1.29, 1.82) is 0 Å². The topological polar surface area (TPSA) is 58.9 Å². The first-order chi connectivity index (χ1) is 7.27. The predicted octanol–water partition coefficient (Wildman–Crippen LogP) is 2.05. The van der Waals surface area contributed by atoms with Crippen LogP contribution in [0.3, 0.4) is 0 Å². The van der Waals surface area contributed by atoms with Crippen LogP contribution in [0.5, 0.6) is 0 Å². The number of carbonyl (C=O) groups is 1. The molecule has 3 nitrogen and oxygen atoms in total. The van der Waals surface area contributed by atoms with E-state index < -0.39 is 0 Å². The molecule has 1 atom stereocenters. The van der Waals surface area contributed by atoms with Gasteiger partial charge in [0.05, 0.1) is 11.7 Å². The number of hydrogen-bond acceptors (Lipinski definition) is 2. The van der Waals surface area contributed by atoms with Crippen LogP contribution in [0.1, 0.15) is 22.5 Å². The van der Waals surface area contributed by atoms with Gasteiger partial charge in [0.1, 0.15) is 0 Å². The van der Waals surface area contributed by atoms with Crippen LogP contribution in [-0.4, -0.2) is 16.8 Å². The third kappa shape index (κ3) is 1.44. The maximum absolute atomic E-state index is 11.8. The highest BCUT2D eigenvalue weighted by atomic mass is 35.5. The molecule has 0 amide bonds. The molecular weight excluding hydrogens is 224 g/mol. The van der Waals surface area contributed by atoms with Crippen LogP contribution < -0.4 is 5.73 Å². The molecule has 1 aromatic carbocycles. The van der Waals surface area contributed by atoms with E-state index >= 15 is 0 Å². The fraction of sp³-hybridized carbons (Fsp3) is 0.250. The third-order valence-electron chi connectivity index (χ3n) is 3.10. The van der Waals surface area contributed by atoms with Crippen LogP contribution in [0.25, 0.3) is 10.9 Å². The number of aromatic nitrogens is 1. The van der Waals surface area contributed by atoms with Crippen molar-refractivity contribution in [1.82, 2.24) is 4.98 Å². The van der Waals surface area contributed by atoms with Crippen molar-refractivity contribution in [3.8, 4) is 0 Å². The van der Waals surface area contributed by atoms with E-state index in [0.717, 1.165) is 35.0 Å². The smallest absolute Gasteiger partial charge is 0.195 e. The molecule has 84 valence electrons. The molecule has 0 radical (unpaired) electrons. The molecule has 16 heavy (non-hydrogen) atoms. The van der Waals surface area contributed by atoms with Crippen molar-refractivity contribution in [2.24, 2.45) is 5.73 Å². The zero-order chi connectivity index (χ0) is 10.4. The first-order valence-electron chi connectivity index (χ1n) is 5.17. The van der Waals surface area contributed by atoms with E-state index in [1.165, 1.54) is 0 Å². The van der Waals surface area contributed by atoms with Crippen molar-refractivity contribution in [2.75, 3.05) is 0 Å². The van der Waals surface area contributed by atoms with Gasteiger partial charge in [-0.05, 0) is 24.5 Å². The number of halogens is 1. The Balaban J connectivity index is 0.000000963. The second kappa shape index (κ2) is 3.92. The van der Waals surface area contributed by atoms with Gasteiger partial charge < -0.3 is 10.7 Å². The van der Waals surface area contributed by atoms with Crippen molar-refractivity contribution in [3.63, 3.8) is 0 Å². The Morgan fingerprint density at radius 3 is 2.88 bits per heavy atom. The highest BCUT2D eigenvalue weighted by Gasteiger charge is 2.27. The first-order valence-corrected chi connectivity index (χ1v) is 5.17. The lowest BCUT2D eigenvalue weighted by Crippen LogP contribution is -2.35. The summed E-state index contributed by atoms with van der Waals surface area (Å²) in [5, 5.41) is 1.16. The zero-order valence-electron chi connectivity index (χ0n) is 8.69. The number of ketones is 1. The van der Waals surface area contributed by atoms with Gasteiger partial charge >= 0.3 is 0 Å². The van der Waals surface area contributed by atoms with E-state index in [1.807, 2.05) is 18.2 Å². The maximum atomic E-state index is 11.8. The summed E-state index contributed by atoms with van der Waals surface area (Å²) in [6.07, 6.45) is 1.65. The maximum Gasteiger partial charge on any atom is 0.195 e. The fourth-order valence-electron chi connectivity index (χ4n) is 2.29. The third-order valence-corrected chi connectivity index (χ3v) is 3.10. The molecule has 1 unspecified atom stereocenters. The minimum atomic E-state index is -0.328. The number of nitrogens with two attached hydrogens (primary N) is 1. The summed E-state index contributed by atoms with van der Waals surface area (Å²) in [6.45, 7) is 0. The van der Waals surface area contributed by atoms with Gasteiger partial charge in [0.25, 0.3) is 0 Å². The van der Waals surface area contributed by atoms with Crippen molar-refractivity contribution >= 4 is 29.1 Å². The van der Waals surface area contributed by atoms with Crippen LogP contribution in [-0.2, 0) is 6.42 Å². The first kappa shape index (κ1) is 11.2. The standard InChI is InChI=1S/C12H12N2O.ClH/c13-9-6-5-8-7-3-1-2-4-10(7)14-11(8)12(9)15;/h1-4,9,14H,5-6,13H2;1H. The number of aryl methyl sites for hydroxylation is 1. The quantitative estimate of drug-likeness (QED) is 0.736. The Bertz CT molecular complexity index is 547. The van der Waals surface area contributed by atoms with Crippen LogP contribution in [0.15, 0.2) is 24.3 Å². The zero-order valence-corrected chi connectivity index (χ0v) is 9.51. The number of rotatable bonds is 0. The number of para-hydroxylation sites is 1. The largest absolute Gasteiger partial charge is 0.352 e. The molecule has 0 bridgehead atoms. The SMILES string of the molecule is Cl.NC1CCc2c([nH]c3ccccc23)C1=O. The molecule has 0 aliphatic heterocycles. The molecular formula is C12H13ClN2O. The lowest BCUT2D eigenvalue weighted by Gasteiger charge is -2.16. The second-order valence-electron chi connectivity index (χ2n) is 4.03. The number of hydrogen-bond donors (Lipinski definition) is 2. The number of carbonyl (C=O) groups excluding carboxylic acids is 1. The fourth-order valence-corrected chi connectivity index (χ4v) is 2.29. The number of benzene rings is 1. The Morgan fingerprint density at radius 2 is 2.06 bits per heavy atom. The molecule has 1 aliphatic rings. The molecule has 3 N–H and O–H groups in total. The minimum absolute atomic E-state index is 0. The van der Waals surface area contributed by atoms with Crippen LogP contribution in [0, 0.1) is 0 Å². The van der Waals surface area contributed by atoms with E-state index in [1.54, 1.807) is 0 Å². The number of fused-ring (bicyclic) bond motifs is 3. The molecule has 1 aromatic heterocycles. The second-order valence-corrected chi connectivity index (χ2v) is 4.03. The van der Waals surface area contributed by atoms with Crippen LogP contribution in [0.4, 0.5) is 0 Å². The van der Waals surface area contributed by atoms with Crippen LogP contribution >= 0.6 is 12.4 Å². The van der Waals surface area contributed by atoms with Gasteiger partial charge in [0, 0.05) is 10.9 Å². The Morgan fingerprint density at radius 1 is 1.31 bits per heavy atom. The van der Waals surface area contributed by atoms with E-state index in [2.05, 4.69) is 11.1 Å². The summed E-state index contributed by atoms with van der Waals surface area (Å²) >= 11 is 0. The van der Waals surface area contributed by atoms with E-state index in [4.69, 9.17) is 5.73 Å². The highest BCUT2D eigenvalue weighted by Crippen LogP contribution is 2.28. The molecule has 1 aliphatic carbocycles. The molecule has 4 heteroatoms. The van der Waals surface area contributed by atoms with Crippen molar-refractivity contribution in [3.05, 3.63) is 35.5 Å². The molecule has 1 heterocycles. The summed E-state index contributed by atoms with van der Waals surface area (Å²) in [6, 6.07) is 7.68. The van der Waals surface area contributed by atoms with E-state index in [9.17, 15) is 4.79 Å². The van der Waals surface area contributed by atoms with E-state index in [-0.39, 0.29) is 24.2 Å². The number of H-pyrrole nitrogens is 1. The monoisotopic (exact) mass is 236 g/mol. The lowest BCUT2D eigenvalue weighted by molar-refractivity contribution is 0.0944. The normalized spacial score (nSPS) is 19.3. The van der Waals surface area contributed by atoms with Gasteiger partial charge in [-0.3, -0.25) is 4.79 Å². The highest BCUT2D eigenvalue weighted by molar-refractivity contribution is 6.06. The van der Waals surface area contributed by atoms with Gasteiger partial charge in [-0.2, -0.15) is 0 Å². The molecule has 0 saturated carbocycles. The number of Topliss-reactive ketones (excluding diaryl/α,β-unsaturated/α-hetero) is 1. The van der Waals surface area contributed by atoms with Gasteiger partial charge in [0.2, 0.25) is 0 Å². The molecule has 0 saturated heterocycles. The van der Waals surface area contributed by atoms with Gasteiger partial charge in [-0.25, -0.2) is 0 Å². The molecule has 0 fully saturated rings. The predicted molar refractivity (Wildman–Crippen MR) is 66.2 cm³/mol. The molecule has 0 spiro atoms. The van der Waals surface area contributed by atoms with Gasteiger partial charge in [0.15, 0.2) is 5.78 Å². The summed E-state index contributed by atoms with van der Waals surface area (Å²) in [5.74, 6) is 0.0486. The summed E-state index contributed by atoms with van der Waals surface area (Å²) in [4.78, 5) is 15.0. The lowest BCUT2D eigenvalue weighted by atomic mass is 9.91. The molecule has 2 aromatic rings.